The smallest absolute Gasteiger partial charge is 0.255 e. The van der Waals surface area contributed by atoms with Gasteiger partial charge in [0, 0.05) is 10.5 Å². The zero-order valence-corrected chi connectivity index (χ0v) is 11.9. The fourth-order valence-corrected chi connectivity index (χ4v) is 2.64. The van der Waals surface area contributed by atoms with Gasteiger partial charge in [0.1, 0.15) is 5.15 Å². The molecule has 1 aliphatic heterocycles. The number of halogens is 1. The minimum Gasteiger partial charge on any atom is -0.371 e. The summed E-state index contributed by atoms with van der Waals surface area (Å²) in [7, 11) is 0. The Labute approximate surface area is 125 Å². The minimum atomic E-state index is -0.178. The maximum absolute atomic E-state index is 12.2. The number of anilines is 2. The van der Waals surface area contributed by atoms with Crippen molar-refractivity contribution in [3.8, 4) is 0 Å². The van der Waals surface area contributed by atoms with E-state index in [2.05, 4.69) is 20.3 Å². The summed E-state index contributed by atoms with van der Waals surface area (Å²) in [4.78, 5) is 17.1. The zero-order chi connectivity index (χ0) is 13.9. The van der Waals surface area contributed by atoms with Crippen LogP contribution >= 0.6 is 23.5 Å². The van der Waals surface area contributed by atoms with Crippen LogP contribution in [0.2, 0.25) is 5.15 Å². The topological polar surface area (TPSA) is 66.0 Å². The van der Waals surface area contributed by atoms with Crippen LogP contribution in [-0.4, -0.2) is 17.6 Å². The van der Waals surface area contributed by atoms with Gasteiger partial charge in [-0.25, -0.2) is 9.71 Å². The first kappa shape index (κ1) is 13.2. The lowest BCUT2D eigenvalue weighted by Gasteiger charge is -2.18. The van der Waals surface area contributed by atoms with Crippen LogP contribution < -0.4 is 15.4 Å². The third-order valence-electron chi connectivity index (χ3n) is 2.76. The van der Waals surface area contributed by atoms with Gasteiger partial charge < -0.3 is 10.6 Å². The molecule has 2 aromatic rings. The highest BCUT2D eigenvalue weighted by molar-refractivity contribution is 7.97. The maximum Gasteiger partial charge on any atom is 0.255 e. The number of carbonyl (C=O) groups excluding carboxylic acids is 1. The molecular formula is C13H11ClN4OS. The minimum absolute atomic E-state index is 0.178. The molecule has 0 bridgehead atoms. The van der Waals surface area contributed by atoms with E-state index >= 15 is 0 Å². The average molecular weight is 307 g/mol. The van der Waals surface area contributed by atoms with E-state index in [1.807, 2.05) is 12.1 Å². The van der Waals surface area contributed by atoms with Crippen LogP contribution in [0, 0.1) is 0 Å². The predicted molar refractivity (Wildman–Crippen MR) is 81.1 cm³/mol. The molecule has 0 atom stereocenters. The number of nitrogens with zero attached hydrogens (tertiary/aromatic N) is 1. The lowest BCUT2D eigenvalue weighted by atomic mass is 10.2. The zero-order valence-electron chi connectivity index (χ0n) is 10.3. The fraction of sp³-hybridized carbons (Fsp3) is 0.0769. The number of nitrogens with one attached hydrogen (secondary N) is 3. The van der Waals surface area contributed by atoms with Gasteiger partial charge in [-0.1, -0.05) is 11.6 Å². The van der Waals surface area contributed by atoms with E-state index in [1.54, 1.807) is 18.2 Å². The Kier molecular flexibility index (Phi) is 3.77. The summed E-state index contributed by atoms with van der Waals surface area (Å²) in [6.07, 6.45) is 1.52. The van der Waals surface area contributed by atoms with Crippen LogP contribution in [0.3, 0.4) is 0 Å². The molecule has 5 nitrogen and oxygen atoms in total. The van der Waals surface area contributed by atoms with Crippen molar-refractivity contribution in [3.05, 3.63) is 47.2 Å². The molecule has 0 saturated carbocycles. The number of rotatable bonds is 2. The number of carbonyl (C=O) groups is 1. The first-order valence-electron chi connectivity index (χ1n) is 5.93. The third-order valence-corrected chi connectivity index (χ3v) is 3.83. The van der Waals surface area contributed by atoms with Crippen molar-refractivity contribution in [2.45, 2.75) is 4.90 Å². The molecule has 20 heavy (non-hydrogen) atoms. The second kappa shape index (κ2) is 5.70. The summed E-state index contributed by atoms with van der Waals surface area (Å²) < 4.78 is 3.11. The molecule has 2 heterocycles. The number of amides is 1. The monoisotopic (exact) mass is 306 g/mol. The van der Waals surface area contributed by atoms with Crippen molar-refractivity contribution in [1.29, 1.82) is 0 Å². The summed E-state index contributed by atoms with van der Waals surface area (Å²) in [6, 6.07) is 8.88. The van der Waals surface area contributed by atoms with Gasteiger partial charge in [0.2, 0.25) is 0 Å². The number of benzene rings is 1. The summed E-state index contributed by atoms with van der Waals surface area (Å²) >= 11 is 7.21. The Balaban J connectivity index is 1.78. The number of aromatic nitrogens is 1. The molecule has 102 valence electrons. The maximum atomic E-state index is 12.2. The third kappa shape index (κ3) is 2.87. The van der Waals surface area contributed by atoms with Gasteiger partial charge in [-0.15, -0.1) is 0 Å². The summed E-state index contributed by atoms with van der Waals surface area (Å²) in [5.41, 5.74) is 2.23. The summed E-state index contributed by atoms with van der Waals surface area (Å²) in [5, 5.41) is 6.37. The summed E-state index contributed by atoms with van der Waals surface area (Å²) in [5.74, 6) is -0.178. The van der Waals surface area contributed by atoms with E-state index in [1.165, 1.54) is 18.1 Å². The lowest BCUT2D eigenvalue weighted by Crippen LogP contribution is -2.21. The van der Waals surface area contributed by atoms with Crippen molar-refractivity contribution in [2.24, 2.45) is 0 Å². The lowest BCUT2D eigenvalue weighted by molar-refractivity contribution is 0.102. The van der Waals surface area contributed by atoms with Crippen LogP contribution in [-0.2, 0) is 0 Å². The SMILES string of the molecule is O=C(Nc1ccc(Cl)nc1)c1ccc2c(c1)SNCN2. The molecular weight excluding hydrogens is 296 g/mol. The molecule has 0 radical (unpaired) electrons. The highest BCUT2D eigenvalue weighted by Crippen LogP contribution is 2.29. The molecule has 1 amide bonds. The Bertz CT molecular complexity index is 647. The fourth-order valence-electron chi connectivity index (χ4n) is 1.79. The molecule has 3 N–H and O–H groups in total. The molecule has 0 fully saturated rings. The molecule has 0 spiro atoms. The van der Waals surface area contributed by atoms with E-state index in [-0.39, 0.29) is 5.91 Å². The molecule has 0 saturated heterocycles. The van der Waals surface area contributed by atoms with E-state index < -0.39 is 0 Å². The second-order valence-corrected chi connectivity index (χ2v) is 5.45. The van der Waals surface area contributed by atoms with Gasteiger partial charge in [0.25, 0.3) is 5.91 Å². The van der Waals surface area contributed by atoms with Crippen LogP contribution in [0.25, 0.3) is 0 Å². The van der Waals surface area contributed by atoms with Gasteiger partial charge in [0.15, 0.2) is 0 Å². The molecule has 1 aromatic heterocycles. The van der Waals surface area contributed by atoms with Crippen molar-refractivity contribution in [2.75, 3.05) is 17.3 Å². The van der Waals surface area contributed by atoms with E-state index in [0.717, 1.165) is 10.6 Å². The summed E-state index contributed by atoms with van der Waals surface area (Å²) in [6.45, 7) is 0.708. The Morgan fingerprint density at radius 3 is 3.05 bits per heavy atom. The van der Waals surface area contributed by atoms with Crippen molar-refractivity contribution < 1.29 is 4.79 Å². The van der Waals surface area contributed by atoms with Gasteiger partial charge in [-0.3, -0.25) is 4.79 Å². The van der Waals surface area contributed by atoms with Crippen LogP contribution in [0.1, 0.15) is 10.4 Å². The largest absolute Gasteiger partial charge is 0.371 e. The predicted octanol–water partition coefficient (Wildman–Crippen LogP) is 2.97. The van der Waals surface area contributed by atoms with E-state index in [0.29, 0.717) is 23.1 Å². The molecule has 1 aliphatic rings. The van der Waals surface area contributed by atoms with Crippen LogP contribution in [0.15, 0.2) is 41.4 Å². The van der Waals surface area contributed by atoms with Crippen molar-refractivity contribution in [1.82, 2.24) is 9.71 Å². The highest BCUT2D eigenvalue weighted by Gasteiger charge is 2.13. The van der Waals surface area contributed by atoms with E-state index in [4.69, 9.17) is 11.6 Å². The van der Waals surface area contributed by atoms with Gasteiger partial charge >= 0.3 is 0 Å². The molecule has 0 aliphatic carbocycles. The number of fused-ring (bicyclic) bond motifs is 1. The number of pyridine rings is 1. The first-order valence-corrected chi connectivity index (χ1v) is 7.12. The molecule has 1 aromatic carbocycles. The van der Waals surface area contributed by atoms with Gasteiger partial charge in [-0.2, -0.15) is 0 Å². The van der Waals surface area contributed by atoms with Crippen molar-refractivity contribution >= 4 is 40.8 Å². The number of hydrogen-bond acceptors (Lipinski definition) is 5. The van der Waals surface area contributed by atoms with Gasteiger partial charge in [0.05, 0.1) is 24.2 Å². The van der Waals surface area contributed by atoms with E-state index in [9.17, 15) is 4.79 Å². The highest BCUT2D eigenvalue weighted by atomic mass is 35.5. The normalized spacial score (nSPS) is 13.2. The quantitative estimate of drug-likeness (QED) is 0.588. The molecule has 7 heteroatoms. The van der Waals surface area contributed by atoms with Gasteiger partial charge in [-0.05, 0) is 42.3 Å². The second-order valence-electron chi connectivity index (χ2n) is 4.13. The first-order chi connectivity index (χ1) is 9.72. The standard InChI is InChI=1S/C13H11ClN4OS/c14-12-4-2-9(6-15-12)18-13(19)8-1-3-10-11(5-8)20-17-7-16-10/h1-6,16-17H,7H2,(H,18,19). The number of hydrogen-bond donors (Lipinski definition) is 3. The Morgan fingerprint density at radius 1 is 1.35 bits per heavy atom. The molecule has 3 rings (SSSR count). The van der Waals surface area contributed by atoms with Crippen molar-refractivity contribution in [3.63, 3.8) is 0 Å². The Hall–Kier alpha value is -1.76. The Morgan fingerprint density at radius 2 is 2.25 bits per heavy atom. The van der Waals surface area contributed by atoms with Crippen LogP contribution in [0.5, 0.6) is 0 Å². The molecule has 0 unspecified atom stereocenters. The van der Waals surface area contributed by atoms with Crippen LogP contribution in [0.4, 0.5) is 11.4 Å². The average Bonchev–Trinajstić information content (AvgIpc) is 2.49.